The summed E-state index contributed by atoms with van der Waals surface area (Å²) in [7, 11) is 0. The number of nitrogen functional groups attached to an aromatic ring is 1. The Bertz CT molecular complexity index is 870. The fourth-order valence-electron chi connectivity index (χ4n) is 3.30. The molecule has 3 N–H and O–H groups in total. The fourth-order valence-corrected chi connectivity index (χ4v) is 5.79. The van der Waals surface area contributed by atoms with Gasteiger partial charge in [0, 0.05) is 18.4 Å². The number of rotatable bonds is 10. The van der Waals surface area contributed by atoms with E-state index in [0.29, 0.717) is 21.8 Å². The molecule has 2 heterocycles. The van der Waals surface area contributed by atoms with Crippen LogP contribution in [0.15, 0.2) is 23.8 Å². The Kier molecular flexibility index (Phi) is 9.28. The molecule has 0 bridgehead atoms. The van der Waals surface area contributed by atoms with E-state index in [1.165, 1.54) is 54.8 Å². The minimum absolute atomic E-state index is 0.105. The van der Waals surface area contributed by atoms with Crippen LogP contribution in [0.1, 0.15) is 49.0 Å². The van der Waals surface area contributed by atoms with Crippen molar-refractivity contribution in [3.05, 3.63) is 33.8 Å². The summed E-state index contributed by atoms with van der Waals surface area (Å²) in [6.45, 7) is 1.93. The Labute approximate surface area is 189 Å². The number of thioether (sulfide) groups is 1. The minimum Gasteiger partial charge on any atom is -0.374 e. The van der Waals surface area contributed by atoms with Crippen LogP contribution >= 0.6 is 34.4 Å². The Hall–Kier alpha value is -1.78. The molecule has 1 amide bonds. The topological polar surface area (TPSA) is 107 Å². The zero-order chi connectivity index (χ0) is 21.2. The number of carbonyl (C=O) groups is 1. The van der Waals surface area contributed by atoms with E-state index in [9.17, 15) is 4.79 Å². The Morgan fingerprint density at radius 1 is 1.10 bits per heavy atom. The smallest absolute Gasteiger partial charge is 0.257 e. The van der Waals surface area contributed by atoms with Gasteiger partial charge in [0.05, 0.1) is 0 Å². The van der Waals surface area contributed by atoms with E-state index < -0.39 is 0 Å². The second-order valence-corrected chi connectivity index (χ2v) is 10.5. The minimum atomic E-state index is -0.105. The standard InChI is InChI=1S/C20H28N6OS3/c1-2-6-15(13-14-7-4-3-5-8-14)18(27)22-20-26-24-17(30-20)10-12-28-11-9-16-23-25-19(21)29-16/h2,6,13-14H,3-5,7-12H2,1H3,(H2,21,25)(H,22,26,27)/b6-2-,15-13+. The first-order valence-corrected chi connectivity index (χ1v) is 13.1. The SMILES string of the molecule is C/C=C\C(=C/C1CCCCC1)C(=O)Nc1nnc(CCSCCc2nnc(N)s2)s1. The van der Waals surface area contributed by atoms with Gasteiger partial charge in [0.25, 0.3) is 5.91 Å². The maximum Gasteiger partial charge on any atom is 0.257 e. The molecule has 1 aliphatic carbocycles. The highest BCUT2D eigenvalue weighted by molar-refractivity contribution is 7.99. The first-order valence-electron chi connectivity index (χ1n) is 10.3. The van der Waals surface area contributed by atoms with Gasteiger partial charge in [0.15, 0.2) is 0 Å². The molecule has 0 aliphatic heterocycles. The lowest BCUT2D eigenvalue weighted by Gasteiger charge is -2.18. The summed E-state index contributed by atoms with van der Waals surface area (Å²) in [4.78, 5) is 12.7. The molecule has 0 radical (unpaired) electrons. The Morgan fingerprint density at radius 3 is 2.47 bits per heavy atom. The van der Waals surface area contributed by atoms with Crippen molar-refractivity contribution < 1.29 is 4.79 Å². The van der Waals surface area contributed by atoms with E-state index in [1.807, 2.05) is 30.8 Å². The van der Waals surface area contributed by atoms with Gasteiger partial charge in [-0.2, -0.15) is 11.8 Å². The fraction of sp³-hybridized carbons (Fsp3) is 0.550. The molecule has 0 aromatic carbocycles. The van der Waals surface area contributed by atoms with Crippen LogP contribution in [0, 0.1) is 5.92 Å². The molecule has 1 aliphatic rings. The first-order chi connectivity index (χ1) is 14.6. The maximum atomic E-state index is 12.7. The van der Waals surface area contributed by atoms with Crippen LogP contribution in [0.2, 0.25) is 0 Å². The molecule has 1 fully saturated rings. The van der Waals surface area contributed by atoms with Crippen molar-refractivity contribution in [1.82, 2.24) is 20.4 Å². The lowest BCUT2D eigenvalue weighted by Crippen LogP contribution is -2.15. The van der Waals surface area contributed by atoms with Crippen molar-refractivity contribution in [2.45, 2.75) is 51.9 Å². The third-order valence-electron chi connectivity index (χ3n) is 4.76. The molecule has 3 rings (SSSR count). The van der Waals surface area contributed by atoms with Crippen LogP contribution < -0.4 is 11.1 Å². The third kappa shape index (κ3) is 7.48. The zero-order valence-electron chi connectivity index (χ0n) is 17.2. The van der Waals surface area contributed by atoms with E-state index in [2.05, 4.69) is 31.8 Å². The van der Waals surface area contributed by atoms with Crippen LogP contribution in [0.3, 0.4) is 0 Å². The highest BCUT2D eigenvalue weighted by atomic mass is 32.2. The van der Waals surface area contributed by atoms with Gasteiger partial charge in [-0.05, 0) is 37.2 Å². The summed E-state index contributed by atoms with van der Waals surface area (Å²) < 4.78 is 0. The molecule has 0 unspecified atom stereocenters. The number of hydrogen-bond donors (Lipinski definition) is 2. The average molecular weight is 465 g/mol. The van der Waals surface area contributed by atoms with Crippen molar-refractivity contribution in [3.8, 4) is 0 Å². The number of anilines is 2. The predicted molar refractivity (Wildman–Crippen MR) is 127 cm³/mol. The number of nitrogens with zero attached hydrogens (tertiary/aromatic N) is 4. The molecule has 7 nitrogen and oxygen atoms in total. The largest absolute Gasteiger partial charge is 0.374 e. The summed E-state index contributed by atoms with van der Waals surface area (Å²) in [5.74, 6) is 2.30. The molecule has 1 saturated carbocycles. The number of aromatic nitrogens is 4. The maximum absolute atomic E-state index is 12.7. The Balaban J connectivity index is 1.43. The molecule has 0 saturated heterocycles. The predicted octanol–water partition coefficient (Wildman–Crippen LogP) is 4.51. The van der Waals surface area contributed by atoms with E-state index in [1.54, 1.807) is 0 Å². The van der Waals surface area contributed by atoms with Crippen LogP contribution in [0.5, 0.6) is 0 Å². The summed E-state index contributed by atoms with van der Waals surface area (Å²) in [5.41, 5.74) is 6.31. The second-order valence-electron chi connectivity index (χ2n) is 7.12. The Morgan fingerprint density at radius 2 is 1.80 bits per heavy atom. The van der Waals surface area contributed by atoms with Gasteiger partial charge in [-0.3, -0.25) is 10.1 Å². The highest BCUT2D eigenvalue weighted by Gasteiger charge is 2.16. The number of aryl methyl sites for hydroxylation is 2. The van der Waals surface area contributed by atoms with Crippen molar-refractivity contribution in [2.75, 3.05) is 22.6 Å². The van der Waals surface area contributed by atoms with Crippen molar-refractivity contribution in [2.24, 2.45) is 5.92 Å². The first kappa shape index (κ1) is 22.9. The highest BCUT2D eigenvalue weighted by Crippen LogP contribution is 2.26. The summed E-state index contributed by atoms with van der Waals surface area (Å²) >= 11 is 4.72. The normalized spacial score (nSPS) is 15.7. The number of carbonyl (C=O) groups excluding carboxylic acids is 1. The van der Waals surface area contributed by atoms with E-state index >= 15 is 0 Å². The number of nitrogens with one attached hydrogen (secondary N) is 1. The van der Waals surface area contributed by atoms with Crippen molar-refractivity contribution in [3.63, 3.8) is 0 Å². The lowest BCUT2D eigenvalue weighted by molar-refractivity contribution is -0.112. The van der Waals surface area contributed by atoms with Gasteiger partial charge in [-0.15, -0.1) is 20.4 Å². The number of nitrogens with two attached hydrogens (primary N) is 1. The van der Waals surface area contributed by atoms with Gasteiger partial charge in [-0.25, -0.2) is 0 Å². The summed E-state index contributed by atoms with van der Waals surface area (Å²) in [6.07, 6.45) is 13.8. The lowest BCUT2D eigenvalue weighted by atomic mass is 9.87. The number of amides is 1. The van der Waals surface area contributed by atoms with E-state index in [4.69, 9.17) is 5.73 Å². The third-order valence-corrected chi connectivity index (χ3v) is 7.46. The molecule has 0 spiro atoms. The van der Waals surface area contributed by atoms with Crippen LogP contribution in [0.25, 0.3) is 0 Å². The second kappa shape index (κ2) is 12.2. The summed E-state index contributed by atoms with van der Waals surface area (Å²) in [5, 5.41) is 22.1. The zero-order valence-corrected chi connectivity index (χ0v) is 19.6. The molecule has 2 aromatic rings. The van der Waals surface area contributed by atoms with E-state index in [0.717, 1.165) is 34.4 Å². The van der Waals surface area contributed by atoms with Gasteiger partial charge >= 0.3 is 0 Å². The molecule has 10 heteroatoms. The van der Waals surface area contributed by atoms with Gasteiger partial charge < -0.3 is 5.73 Å². The van der Waals surface area contributed by atoms with Crippen LogP contribution in [-0.2, 0) is 17.6 Å². The monoisotopic (exact) mass is 464 g/mol. The van der Waals surface area contributed by atoms with Gasteiger partial charge in [-0.1, -0.05) is 60.2 Å². The number of allylic oxidation sites excluding steroid dienone is 2. The molecular formula is C20H28N6OS3. The summed E-state index contributed by atoms with van der Waals surface area (Å²) in [6, 6.07) is 0. The van der Waals surface area contributed by atoms with Gasteiger partial charge in [0.2, 0.25) is 10.3 Å². The van der Waals surface area contributed by atoms with Crippen molar-refractivity contribution >= 4 is 50.6 Å². The molecular weight excluding hydrogens is 436 g/mol. The van der Waals surface area contributed by atoms with Crippen LogP contribution in [0.4, 0.5) is 10.3 Å². The number of hydrogen-bond acceptors (Lipinski definition) is 9. The van der Waals surface area contributed by atoms with Crippen molar-refractivity contribution in [1.29, 1.82) is 0 Å². The molecule has 30 heavy (non-hydrogen) atoms. The van der Waals surface area contributed by atoms with Gasteiger partial charge in [0.1, 0.15) is 10.0 Å². The molecule has 0 atom stereocenters. The quantitative estimate of drug-likeness (QED) is 0.303. The average Bonchev–Trinajstić information content (AvgIpc) is 3.37. The molecule has 162 valence electrons. The van der Waals surface area contributed by atoms with E-state index in [-0.39, 0.29) is 5.91 Å². The molecule has 2 aromatic heterocycles. The van der Waals surface area contributed by atoms with Crippen LogP contribution in [-0.4, -0.2) is 37.8 Å².